The molecule has 1 saturated heterocycles. The predicted octanol–water partition coefficient (Wildman–Crippen LogP) is 3.05. The lowest BCUT2D eigenvalue weighted by atomic mass is 9.30. The third-order valence-electron chi connectivity index (χ3n) is 5.42. The van der Waals surface area contributed by atoms with Crippen LogP contribution in [0.5, 0.6) is 0 Å². The Labute approximate surface area is 107 Å². The van der Waals surface area contributed by atoms with Gasteiger partial charge in [0.15, 0.2) is 0 Å². The Morgan fingerprint density at radius 2 is 1.76 bits per heavy atom. The summed E-state index contributed by atoms with van der Waals surface area (Å²) in [5.74, 6) is 0.995. The molecule has 3 aliphatic carbocycles. The van der Waals surface area contributed by atoms with E-state index in [9.17, 15) is 0 Å². The van der Waals surface area contributed by atoms with Gasteiger partial charge in [0.05, 0.1) is 0 Å². The first-order chi connectivity index (χ1) is 8.26. The molecule has 1 N–H and O–H groups in total. The summed E-state index contributed by atoms with van der Waals surface area (Å²) in [5, 5.41) is 3.42. The van der Waals surface area contributed by atoms with E-state index in [0.29, 0.717) is 5.41 Å². The molecule has 0 atom stereocenters. The van der Waals surface area contributed by atoms with E-state index in [-0.39, 0.29) is 0 Å². The molecule has 1 aromatic rings. The van der Waals surface area contributed by atoms with E-state index in [1.165, 1.54) is 37.2 Å². The summed E-state index contributed by atoms with van der Waals surface area (Å²) in [6.45, 7) is 2.56. The maximum Gasteiger partial charge on any atom is 0.00693 e. The van der Waals surface area contributed by atoms with Gasteiger partial charge in [-0.25, -0.2) is 0 Å². The second-order valence-electron chi connectivity index (χ2n) is 6.26. The Balaban J connectivity index is 1.51. The van der Waals surface area contributed by atoms with Crippen LogP contribution in [0.3, 0.4) is 0 Å². The van der Waals surface area contributed by atoms with Crippen molar-refractivity contribution in [1.29, 1.82) is 0 Å². The number of hydrogen-bond acceptors (Lipinski definition) is 2. The van der Waals surface area contributed by atoms with Crippen LogP contribution >= 0.6 is 11.8 Å². The minimum atomic E-state index is 0.590. The van der Waals surface area contributed by atoms with Crippen molar-refractivity contribution in [3.63, 3.8) is 0 Å². The van der Waals surface area contributed by atoms with E-state index >= 15 is 0 Å². The molecule has 1 heterocycles. The summed E-state index contributed by atoms with van der Waals surface area (Å²) >= 11 is 1.84. The van der Waals surface area contributed by atoms with Crippen LogP contribution in [0.2, 0.25) is 0 Å². The summed E-state index contributed by atoms with van der Waals surface area (Å²) in [4.78, 5) is 1.39. The molecule has 0 unspecified atom stereocenters. The predicted molar refractivity (Wildman–Crippen MR) is 72.5 cm³/mol. The Kier molecular flexibility index (Phi) is 2.03. The van der Waals surface area contributed by atoms with E-state index < -0.39 is 0 Å². The van der Waals surface area contributed by atoms with Crippen molar-refractivity contribution in [2.24, 2.45) is 11.3 Å². The highest BCUT2D eigenvalue weighted by atomic mass is 32.2. The molecule has 0 radical (unpaired) electrons. The summed E-state index contributed by atoms with van der Waals surface area (Å²) in [6, 6.07) is 9.32. The topological polar surface area (TPSA) is 12.0 Å². The van der Waals surface area contributed by atoms with Gasteiger partial charge in [-0.2, -0.15) is 0 Å². The van der Waals surface area contributed by atoms with Crippen molar-refractivity contribution < 1.29 is 0 Å². The second-order valence-corrected chi connectivity index (χ2v) is 7.14. The molecule has 1 nitrogen and oxygen atoms in total. The largest absolute Gasteiger partial charge is 0.316 e. The van der Waals surface area contributed by atoms with Crippen LogP contribution in [0.1, 0.15) is 24.8 Å². The van der Waals surface area contributed by atoms with Gasteiger partial charge in [0.2, 0.25) is 0 Å². The first kappa shape index (κ1) is 10.5. The summed E-state index contributed by atoms with van der Waals surface area (Å²) in [7, 11) is 0. The molecule has 17 heavy (non-hydrogen) atoms. The van der Waals surface area contributed by atoms with E-state index in [0.717, 1.165) is 11.3 Å². The molecular weight excluding hydrogens is 226 g/mol. The summed E-state index contributed by atoms with van der Waals surface area (Å²) < 4.78 is 0. The number of rotatable bonds is 3. The van der Waals surface area contributed by atoms with Gasteiger partial charge in [0.25, 0.3) is 0 Å². The van der Waals surface area contributed by atoms with Crippen LogP contribution in [-0.4, -0.2) is 19.3 Å². The van der Waals surface area contributed by atoms with Gasteiger partial charge < -0.3 is 5.32 Å². The average Bonchev–Trinajstić information content (AvgIpc) is 2.19. The highest BCUT2D eigenvalue weighted by Crippen LogP contribution is 2.76. The number of benzene rings is 1. The molecular formula is C15H19NS. The fraction of sp³-hybridized carbons (Fsp3) is 0.600. The smallest absolute Gasteiger partial charge is 0.00693 e. The van der Waals surface area contributed by atoms with E-state index in [1.54, 1.807) is 5.56 Å². The van der Waals surface area contributed by atoms with Gasteiger partial charge in [-0.05, 0) is 73.1 Å². The summed E-state index contributed by atoms with van der Waals surface area (Å²) in [6.07, 6.45) is 6.54. The van der Waals surface area contributed by atoms with Gasteiger partial charge in [0, 0.05) is 4.90 Å². The minimum absolute atomic E-state index is 0.590. The Morgan fingerprint density at radius 1 is 1.12 bits per heavy atom. The number of nitrogens with one attached hydrogen (secondary N) is 1. The molecule has 1 aliphatic heterocycles. The van der Waals surface area contributed by atoms with E-state index in [4.69, 9.17) is 0 Å². The zero-order valence-electron chi connectivity index (χ0n) is 10.3. The Morgan fingerprint density at radius 3 is 2.24 bits per heavy atom. The van der Waals surface area contributed by atoms with Crippen molar-refractivity contribution in [2.45, 2.75) is 29.6 Å². The van der Waals surface area contributed by atoms with Gasteiger partial charge in [0.1, 0.15) is 0 Å². The van der Waals surface area contributed by atoms with Crippen LogP contribution < -0.4 is 5.32 Å². The maximum atomic E-state index is 3.42. The van der Waals surface area contributed by atoms with Crippen LogP contribution in [0.25, 0.3) is 0 Å². The minimum Gasteiger partial charge on any atom is -0.316 e. The molecule has 3 saturated carbocycles. The lowest BCUT2D eigenvalue weighted by molar-refractivity contribution is -0.191. The lowest BCUT2D eigenvalue weighted by Gasteiger charge is -2.75. The SMILES string of the molecule is CSc1ccc(C23CC(C4CNC4)(C2)C3)cc1. The van der Waals surface area contributed by atoms with E-state index in [2.05, 4.69) is 35.8 Å². The zero-order chi connectivity index (χ0) is 11.5. The molecule has 0 amide bonds. The first-order valence-corrected chi connectivity index (χ1v) is 7.84. The zero-order valence-corrected chi connectivity index (χ0v) is 11.1. The second kappa shape index (κ2) is 3.30. The highest BCUT2D eigenvalue weighted by Gasteiger charge is 2.70. The summed E-state index contributed by atoms with van der Waals surface area (Å²) in [5.41, 5.74) is 2.94. The third kappa shape index (κ3) is 1.26. The first-order valence-electron chi connectivity index (χ1n) is 6.62. The van der Waals surface area contributed by atoms with Crippen molar-refractivity contribution in [2.75, 3.05) is 19.3 Å². The molecule has 0 spiro atoms. The van der Waals surface area contributed by atoms with Gasteiger partial charge in [-0.15, -0.1) is 11.8 Å². The van der Waals surface area contributed by atoms with Gasteiger partial charge in [-0.3, -0.25) is 0 Å². The fourth-order valence-electron chi connectivity index (χ4n) is 4.27. The molecule has 5 rings (SSSR count). The quantitative estimate of drug-likeness (QED) is 0.822. The molecule has 2 heteroatoms. The maximum absolute atomic E-state index is 3.42. The van der Waals surface area contributed by atoms with Crippen molar-refractivity contribution in [3.05, 3.63) is 29.8 Å². The fourth-order valence-corrected chi connectivity index (χ4v) is 4.68. The van der Waals surface area contributed by atoms with Crippen molar-refractivity contribution >= 4 is 11.8 Å². The van der Waals surface area contributed by atoms with Crippen LogP contribution in [0.15, 0.2) is 29.2 Å². The molecule has 90 valence electrons. The van der Waals surface area contributed by atoms with Gasteiger partial charge >= 0.3 is 0 Å². The molecule has 2 bridgehead atoms. The van der Waals surface area contributed by atoms with E-state index in [1.807, 2.05) is 11.8 Å². The average molecular weight is 245 g/mol. The van der Waals surface area contributed by atoms with Crippen LogP contribution in [0, 0.1) is 11.3 Å². The standard InChI is InChI=1S/C15H19NS/c1-17-13-4-2-11(3-5-13)14-8-15(9-14,10-14)12-6-16-7-12/h2-5,12,16H,6-10H2,1H3. The number of thioether (sulfide) groups is 1. The monoisotopic (exact) mass is 245 g/mol. The van der Waals surface area contributed by atoms with Crippen LogP contribution in [0.4, 0.5) is 0 Å². The molecule has 0 aromatic heterocycles. The third-order valence-corrected chi connectivity index (χ3v) is 6.16. The van der Waals surface area contributed by atoms with Crippen LogP contribution in [-0.2, 0) is 5.41 Å². The lowest BCUT2D eigenvalue weighted by Crippen LogP contribution is -2.72. The Bertz CT molecular complexity index is 427. The normalized spacial score (nSPS) is 39.1. The van der Waals surface area contributed by atoms with Crippen molar-refractivity contribution in [1.82, 2.24) is 5.32 Å². The number of hydrogen-bond donors (Lipinski definition) is 1. The Hall–Kier alpha value is -0.470. The van der Waals surface area contributed by atoms with Crippen molar-refractivity contribution in [3.8, 4) is 0 Å². The molecule has 1 aromatic carbocycles. The molecule has 4 fully saturated rings. The van der Waals surface area contributed by atoms with Gasteiger partial charge in [-0.1, -0.05) is 12.1 Å². The molecule has 4 aliphatic rings. The highest BCUT2D eigenvalue weighted by molar-refractivity contribution is 7.98.